The van der Waals surface area contributed by atoms with E-state index in [1.165, 1.54) is 0 Å². The van der Waals surface area contributed by atoms with Crippen molar-refractivity contribution in [2.45, 2.75) is 19.4 Å². The molecule has 3 rings (SSSR count). The van der Waals surface area contributed by atoms with Gasteiger partial charge in [0.15, 0.2) is 0 Å². The third-order valence-electron chi connectivity index (χ3n) is 3.98. The summed E-state index contributed by atoms with van der Waals surface area (Å²) in [6.07, 6.45) is 0.108. The summed E-state index contributed by atoms with van der Waals surface area (Å²) in [5, 5.41) is 13.0. The molecule has 0 radical (unpaired) electrons. The second-order valence-corrected chi connectivity index (χ2v) is 5.65. The largest absolute Gasteiger partial charge is 0.494 e. The Morgan fingerprint density at radius 1 is 1.29 bits per heavy atom. The fourth-order valence-electron chi connectivity index (χ4n) is 2.69. The number of aliphatic hydroxyl groups is 1. The van der Waals surface area contributed by atoms with Crippen LogP contribution < -0.4 is 14.8 Å². The average molecular weight is 327 g/mol. The van der Waals surface area contributed by atoms with Crippen molar-refractivity contribution in [3.63, 3.8) is 0 Å². The van der Waals surface area contributed by atoms with Gasteiger partial charge in [-0.1, -0.05) is 6.07 Å². The van der Waals surface area contributed by atoms with Crippen molar-refractivity contribution in [3.8, 4) is 11.5 Å². The highest BCUT2D eigenvalue weighted by atomic mass is 16.5. The van der Waals surface area contributed by atoms with Gasteiger partial charge in [0.1, 0.15) is 11.5 Å². The number of amides is 1. The Morgan fingerprint density at radius 3 is 2.83 bits per heavy atom. The molecule has 1 unspecified atom stereocenters. The first-order valence-corrected chi connectivity index (χ1v) is 8.12. The minimum absolute atomic E-state index is 0.158. The third kappa shape index (κ3) is 3.68. The van der Waals surface area contributed by atoms with Crippen LogP contribution in [0.25, 0.3) is 0 Å². The lowest BCUT2D eigenvalue weighted by molar-refractivity contribution is 0.0916. The number of fused-ring (bicyclic) bond motifs is 1. The molecule has 2 aromatic carbocycles. The standard InChI is InChI=1S/C19H21NO4/c1-2-23-16-6-3-13(4-7-16)19(22)20-12-17(21)14-5-8-18-15(11-14)9-10-24-18/h3-8,11,17,21H,2,9-10,12H2,1H3,(H,20,22). The van der Waals surface area contributed by atoms with Gasteiger partial charge < -0.3 is 19.9 Å². The lowest BCUT2D eigenvalue weighted by Crippen LogP contribution is -2.28. The minimum atomic E-state index is -0.748. The van der Waals surface area contributed by atoms with Crippen LogP contribution in [0.15, 0.2) is 42.5 Å². The van der Waals surface area contributed by atoms with Crippen LogP contribution in [0.5, 0.6) is 11.5 Å². The zero-order chi connectivity index (χ0) is 16.9. The number of hydrogen-bond acceptors (Lipinski definition) is 4. The zero-order valence-electron chi connectivity index (χ0n) is 13.6. The summed E-state index contributed by atoms with van der Waals surface area (Å²) in [7, 11) is 0. The second kappa shape index (κ2) is 7.36. The van der Waals surface area contributed by atoms with E-state index < -0.39 is 6.10 Å². The fourth-order valence-corrected chi connectivity index (χ4v) is 2.69. The van der Waals surface area contributed by atoms with E-state index in [1.807, 2.05) is 25.1 Å². The third-order valence-corrected chi connectivity index (χ3v) is 3.98. The van der Waals surface area contributed by atoms with E-state index >= 15 is 0 Å². The Bertz CT molecular complexity index is 712. The van der Waals surface area contributed by atoms with E-state index in [9.17, 15) is 9.90 Å². The van der Waals surface area contributed by atoms with Crippen molar-refractivity contribution in [1.29, 1.82) is 0 Å². The molecule has 5 nitrogen and oxygen atoms in total. The van der Waals surface area contributed by atoms with Crippen molar-refractivity contribution in [1.82, 2.24) is 5.32 Å². The van der Waals surface area contributed by atoms with Crippen molar-refractivity contribution >= 4 is 5.91 Å². The van der Waals surface area contributed by atoms with Crippen molar-refractivity contribution in [3.05, 3.63) is 59.2 Å². The van der Waals surface area contributed by atoms with Crippen LogP contribution in [0, 0.1) is 0 Å². The van der Waals surface area contributed by atoms with Gasteiger partial charge in [-0.25, -0.2) is 0 Å². The molecule has 0 saturated carbocycles. The molecule has 1 aliphatic heterocycles. The summed E-state index contributed by atoms with van der Waals surface area (Å²) in [4.78, 5) is 12.2. The van der Waals surface area contributed by atoms with Crippen LogP contribution in [-0.4, -0.2) is 30.8 Å². The molecule has 1 atom stereocenters. The average Bonchev–Trinajstić information content (AvgIpc) is 3.08. The predicted octanol–water partition coefficient (Wildman–Crippen LogP) is 2.48. The SMILES string of the molecule is CCOc1ccc(C(=O)NCC(O)c2ccc3c(c2)CCO3)cc1. The molecule has 1 aliphatic rings. The minimum Gasteiger partial charge on any atom is -0.494 e. The smallest absolute Gasteiger partial charge is 0.251 e. The predicted molar refractivity (Wildman–Crippen MR) is 90.5 cm³/mol. The molecule has 0 aliphatic carbocycles. The highest BCUT2D eigenvalue weighted by molar-refractivity contribution is 5.94. The number of nitrogens with one attached hydrogen (secondary N) is 1. The molecule has 0 aromatic heterocycles. The molecular weight excluding hydrogens is 306 g/mol. The Balaban J connectivity index is 1.57. The second-order valence-electron chi connectivity index (χ2n) is 5.65. The normalized spacial score (nSPS) is 13.8. The topological polar surface area (TPSA) is 67.8 Å². The number of carbonyl (C=O) groups is 1. The van der Waals surface area contributed by atoms with E-state index in [0.29, 0.717) is 18.8 Å². The first kappa shape index (κ1) is 16.3. The molecule has 1 amide bonds. The monoisotopic (exact) mass is 327 g/mol. The maximum Gasteiger partial charge on any atom is 0.251 e. The van der Waals surface area contributed by atoms with E-state index in [0.717, 1.165) is 29.0 Å². The number of benzene rings is 2. The summed E-state index contributed by atoms with van der Waals surface area (Å²) in [6, 6.07) is 12.6. The van der Waals surface area contributed by atoms with Gasteiger partial charge >= 0.3 is 0 Å². The van der Waals surface area contributed by atoms with Gasteiger partial charge in [0.2, 0.25) is 0 Å². The first-order valence-electron chi connectivity index (χ1n) is 8.12. The first-order chi connectivity index (χ1) is 11.7. The molecule has 0 bridgehead atoms. The summed E-state index contributed by atoms with van der Waals surface area (Å²) in [5.74, 6) is 1.39. The molecular formula is C19H21NO4. The Morgan fingerprint density at radius 2 is 2.08 bits per heavy atom. The van der Waals surface area contributed by atoms with Crippen LogP contribution in [-0.2, 0) is 6.42 Å². The molecule has 1 heterocycles. The molecule has 5 heteroatoms. The number of carbonyl (C=O) groups excluding carboxylic acids is 1. The van der Waals surface area contributed by atoms with Gasteiger partial charge in [-0.15, -0.1) is 0 Å². The Hall–Kier alpha value is -2.53. The lowest BCUT2D eigenvalue weighted by Gasteiger charge is -2.13. The molecule has 0 spiro atoms. The van der Waals surface area contributed by atoms with Gasteiger partial charge in [0.25, 0.3) is 5.91 Å². The highest BCUT2D eigenvalue weighted by Gasteiger charge is 2.16. The molecule has 2 aromatic rings. The van der Waals surface area contributed by atoms with Gasteiger partial charge in [-0.2, -0.15) is 0 Å². The number of hydrogen-bond donors (Lipinski definition) is 2. The quantitative estimate of drug-likeness (QED) is 0.855. The number of ether oxygens (including phenoxy) is 2. The van der Waals surface area contributed by atoms with Crippen LogP contribution in [0.3, 0.4) is 0 Å². The Kier molecular flexibility index (Phi) is 5.01. The highest BCUT2D eigenvalue weighted by Crippen LogP contribution is 2.28. The molecule has 0 fully saturated rings. The van der Waals surface area contributed by atoms with E-state index in [1.54, 1.807) is 24.3 Å². The van der Waals surface area contributed by atoms with Gasteiger partial charge in [-0.05, 0) is 54.4 Å². The maximum absolute atomic E-state index is 12.2. The Labute approximate surface area is 141 Å². The van der Waals surface area contributed by atoms with Crippen LogP contribution in [0.4, 0.5) is 0 Å². The van der Waals surface area contributed by atoms with E-state index in [-0.39, 0.29) is 12.5 Å². The summed E-state index contributed by atoms with van der Waals surface area (Å²) < 4.78 is 10.8. The van der Waals surface area contributed by atoms with E-state index in [4.69, 9.17) is 9.47 Å². The summed E-state index contributed by atoms with van der Waals surface area (Å²) in [5.41, 5.74) is 2.42. The molecule has 126 valence electrons. The fraction of sp³-hybridized carbons (Fsp3) is 0.316. The molecule has 0 saturated heterocycles. The van der Waals surface area contributed by atoms with Crippen molar-refractivity contribution < 1.29 is 19.4 Å². The maximum atomic E-state index is 12.2. The van der Waals surface area contributed by atoms with Crippen molar-refractivity contribution in [2.24, 2.45) is 0 Å². The van der Waals surface area contributed by atoms with Gasteiger partial charge in [0.05, 0.1) is 19.3 Å². The van der Waals surface area contributed by atoms with E-state index in [2.05, 4.69) is 5.32 Å². The van der Waals surface area contributed by atoms with Gasteiger partial charge in [-0.3, -0.25) is 4.79 Å². The zero-order valence-corrected chi connectivity index (χ0v) is 13.6. The number of rotatable bonds is 6. The molecule has 24 heavy (non-hydrogen) atoms. The summed E-state index contributed by atoms with van der Waals surface area (Å²) >= 11 is 0. The molecule has 2 N–H and O–H groups in total. The summed E-state index contributed by atoms with van der Waals surface area (Å²) in [6.45, 7) is 3.34. The van der Waals surface area contributed by atoms with Crippen molar-refractivity contribution in [2.75, 3.05) is 19.8 Å². The number of aliphatic hydroxyl groups excluding tert-OH is 1. The lowest BCUT2D eigenvalue weighted by atomic mass is 10.0. The van der Waals surface area contributed by atoms with Crippen LogP contribution in [0.1, 0.15) is 34.5 Å². The van der Waals surface area contributed by atoms with Crippen LogP contribution in [0.2, 0.25) is 0 Å². The van der Waals surface area contributed by atoms with Gasteiger partial charge in [0, 0.05) is 18.5 Å². The van der Waals surface area contributed by atoms with Crippen LogP contribution >= 0.6 is 0 Å².